The predicted molar refractivity (Wildman–Crippen MR) is 163 cm³/mol. The van der Waals surface area contributed by atoms with Crippen LogP contribution < -0.4 is 21.3 Å². The number of Topliss-reactive ketones (excluding diaryl/α,β-unsaturated/α-hetero) is 1. The minimum Gasteiger partial charge on any atom is -0.508 e. The van der Waals surface area contributed by atoms with Gasteiger partial charge in [-0.15, -0.1) is 0 Å². The third-order valence-corrected chi connectivity index (χ3v) is 6.44. The summed E-state index contributed by atoms with van der Waals surface area (Å²) in [6.07, 6.45) is 1.07. The zero-order chi connectivity index (χ0) is 30.7. The Labute approximate surface area is 253 Å². The van der Waals surface area contributed by atoms with Gasteiger partial charge in [-0.1, -0.05) is 30.3 Å². The number of aromatic nitrogens is 3. The molecule has 5 N–H and O–H groups in total. The van der Waals surface area contributed by atoms with Crippen LogP contribution in [0, 0.1) is 0 Å². The monoisotopic (exact) mass is 597 g/mol. The van der Waals surface area contributed by atoms with Crippen LogP contribution in [0.1, 0.15) is 43.9 Å². The van der Waals surface area contributed by atoms with Crippen molar-refractivity contribution < 1.29 is 29.0 Å². The van der Waals surface area contributed by atoms with Gasteiger partial charge in [0, 0.05) is 36.5 Å². The number of anilines is 5. The number of carbonyl (C=O) groups is 3. The first-order chi connectivity index (χ1) is 21.4. The van der Waals surface area contributed by atoms with Gasteiger partial charge in [0.15, 0.2) is 5.78 Å². The van der Waals surface area contributed by atoms with Gasteiger partial charge in [-0.05, 0) is 48.9 Å². The number of imide groups is 1. The molecule has 13 heteroatoms. The Kier molecular flexibility index (Phi) is 10.0. The lowest BCUT2D eigenvalue weighted by molar-refractivity contribution is 0.0497. The van der Waals surface area contributed by atoms with Crippen LogP contribution in [0.2, 0.25) is 0 Å². The van der Waals surface area contributed by atoms with Crippen molar-refractivity contribution in [1.29, 1.82) is 0 Å². The summed E-state index contributed by atoms with van der Waals surface area (Å²) in [5.41, 5.74) is 2.43. The molecule has 0 atom stereocenters. The van der Waals surface area contributed by atoms with E-state index in [0.717, 1.165) is 0 Å². The largest absolute Gasteiger partial charge is 0.508 e. The minimum absolute atomic E-state index is 0.103. The first kappa shape index (κ1) is 30.1. The average molecular weight is 598 g/mol. The molecular weight excluding hydrogens is 566 g/mol. The Morgan fingerprint density at radius 1 is 0.727 bits per heavy atom. The maximum Gasteiger partial charge on any atom is 0.259 e. The highest BCUT2D eigenvalue weighted by atomic mass is 16.5. The number of phenolic OH excluding ortho intramolecular Hbond substituents is 1. The molecule has 0 saturated heterocycles. The van der Waals surface area contributed by atoms with E-state index in [-0.39, 0.29) is 34.9 Å². The highest BCUT2D eigenvalue weighted by Gasteiger charge is 2.26. The van der Waals surface area contributed by atoms with Crippen molar-refractivity contribution in [3.05, 3.63) is 89.5 Å². The molecule has 1 aromatic heterocycles. The summed E-state index contributed by atoms with van der Waals surface area (Å²) in [6.45, 7) is 2.03. The number of phenols is 1. The summed E-state index contributed by atoms with van der Waals surface area (Å²) in [4.78, 5) is 49.3. The summed E-state index contributed by atoms with van der Waals surface area (Å²) in [6, 6.07) is 20.4. The van der Waals surface area contributed by atoms with E-state index in [1.54, 1.807) is 30.3 Å². The van der Waals surface area contributed by atoms with Crippen LogP contribution in [-0.4, -0.2) is 70.6 Å². The number of fused-ring (bicyclic) bond motifs is 1. The highest BCUT2D eigenvalue weighted by Crippen LogP contribution is 2.24. The molecule has 1 aliphatic rings. The van der Waals surface area contributed by atoms with Gasteiger partial charge in [-0.2, -0.15) is 15.0 Å². The number of benzene rings is 3. The van der Waals surface area contributed by atoms with Crippen molar-refractivity contribution in [2.45, 2.75) is 12.8 Å². The molecule has 0 unspecified atom stereocenters. The summed E-state index contributed by atoms with van der Waals surface area (Å²) < 4.78 is 11.2. The van der Waals surface area contributed by atoms with Crippen LogP contribution in [0.15, 0.2) is 72.8 Å². The fraction of sp³-hybridized carbons (Fsp3) is 0.226. The molecule has 13 nitrogen and oxygen atoms in total. The van der Waals surface area contributed by atoms with Crippen LogP contribution in [0.25, 0.3) is 0 Å². The van der Waals surface area contributed by atoms with Crippen molar-refractivity contribution in [3.8, 4) is 5.75 Å². The molecule has 2 heterocycles. The number of hydrogen-bond donors (Lipinski definition) is 5. The van der Waals surface area contributed by atoms with Gasteiger partial charge in [0.2, 0.25) is 17.8 Å². The zero-order valence-corrected chi connectivity index (χ0v) is 23.7. The number of aromatic hydroxyl groups is 1. The molecule has 44 heavy (non-hydrogen) atoms. The lowest BCUT2D eigenvalue weighted by atomic mass is 10.1. The van der Waals surface area contributed by atoms with Crippen LogP contribution in [0.5, 0.6) is 5.75 Å². The van der Waals surface area contributed by atoms with E-state index < -0.39 is 11.8 Å². The number of amides is 2. The molecule has 2 amide bonds. The maximum absolute atomic E-state index is 12.1. The van der Waals surface area contributed by atoms with Crippen molar-refractivity contribution in [3.63, 3.8) is 0 Å². The van der Waals surface area contributed by atoms with Gasteiger partial charge < -0.3 is 30.5 Å². The molecule has 0 radical (unpaired) electrons. The minimum atomic E-state index is -0.468. The first-order valence-corrected chi connectivity index (χ1v) is 14.0. The molecule has 0 fully saturated rings. The number of nitrogens with one attached hydrogen (secondary N) is 4. The number of ketones is 1. The molecule has 226 valence electrons. The fourth-order valence-electron chi connectivity index (χ4n) is 4.28. The second-order valence-electron chi connectivity index (χ2n) is 9.69. The summed E-state index contributed by atoms with van der Waals surface area (Å²) in [5.74, 6) is 0.00105. The van der Waals surface area contributed by atoms with E-state index in [1.165, 1.54) is 12.1 Å². The SMILES string of the molecule is O=C(CCCOCCOCCNc1nc(Nc2ccc(O)cc2)nc(Nc2ccc3c(c2)C(=O)NC3=O)n1)c1ccccc1. The topological polar surface area (TPSA) is 177 Å². The van der Waals surface area contributed by atoms with Gasteiger partial charge in [0.1, 0.15) is 5.75 Å². The molecule has 0 aliphatic carbocycles. The van der Waals surface area contributed by atoms with Crippen LogP contribution in [-0.2, 0) is 9.47 Å². The lowest BCUT2D eigenvalue weighted by Crippen LogP contribution is -2.19. The number of rotatable bonds is 16. The van der Waals surface area contributed by atoms with E-state index in [1.807, 2.05) is 30.3 Å². The number of hydrogen-bond acceptors (Lipinski definition) is 12. The van der Waals surface area contributed by atoms with E-state index in [4.69, 9.17) is 9.47 Å². The fourth-order valence-corrected chi connectivity index (χ4v) is 4.28. The smallest absolute Gasteiger partial charge is 0.259 e. The van der Waals surface area contributed by atoms with E-state index in [9.17, 15) is 19.5 Å². The molecule has 3 aromatic carbocycles. The Morgan fingerprint density at radius 3 is 2.11 bits per heavy atom. The Bertz CT molecular complexity index is 1620. The summed E-state index contributed by atoms with van der Waals surface area (Å²) in [5, 5.41) is 21.1. The maximum atomic E-state index is 12.1. The third-order valence-electron chi connectivity index (χ3n) is 6.44. The number of nitrogens with zero attached hydrogens (tertiary/aromatic N) is 3. The molecule has 0 spiro atoms. The van der Waals surface area contributed by atoms with Crippen LogP contribution >= 0.6 is 0 Å². The zero-order valence-electron chi connectivity index (χ0n) is 23.7. The molecule has 4 aromatic rings. The average Bonchev–Trinajstić information content (AvgIpc) is 3.31. The second kappa shape index (κ2) is 14.7. The number of carbonyl (C=O) groups excluding carboxylic acids is 3. The van der Waals surface area contributed by atoms with Crippen molar-refractivity contribution in [2.24, 2.45) is 0 Å². The van der Waals surface area contributed by atoms with Gasteiger partial charge in [-0.25, -0.2) is 0 Å². The van der Waals surface area contributed by atoms with Crippen LogP contribution in [0.4, 0.5) is 29.2 Å². The number of ether oxygens (including phenoxy) is 2. The normalized spacial score (nSPS) is 12.0. The Morgan fingerprint density at radius 2 is 1.36 bits per heavy atom. The van der Waals surface area contributed by atoms with Crippen molar-refractivity contribution in [1.82, 2.24) is 20.3 Å². The second-order valence-corrected chi connectivity index (χ2v) is 9.69. The summed E-state index contributed by atoms with van der Waals surface area (Å²) in [7, 11) is 0. The first-order valence-electron chi connectivity index (χ1n) is 14.0. The highest BCUT2D eigenvalue weighted by molar-refractivity contribution is 6.21. The standard InChI is InChI=1S/C31H31N7O6/c39-23-11-8-21(9-12-23)33-30-36-29(37-31(38-30)34-22-10-13-24-25(19-22)28(42)35-27(24)41)32-14-16-44-18-17-43-15-4-7-26(40)20-5-2-1-3-6-20/h1-3,5-6,8-13,19,39H,4,7,14-18H2,(H,35,41,42)(H3,32,33,34,36,37,38). The lowest BCUT2D eigenvalue weighted by Gasteiger charge is -2.12. The van der Waals surface area contributed by atoms with E-state index in [2.05, 4.69) is 36.2 Å². The van der Waals surface area contributed by atoms with Gasteiger partial charge in [0.25, 0.3) is 11.8 Å². The van der Waals surface area contributed by atoms with Crippen molar-refractivity contribution in [2.75, 3.05) is 48.9 Å². The van der Waals surface area contributed by atoms with E-state index in [0.29, 0.717) is 68.3 Å². The van der Waals surface area contributed by atoms with Gasteiger partial charge in [-0.3, -0.25) is 19.7 Å². The van der Waals surface area contributed by atoms with Gasteiger partial charge in [0.05, 0.1) is 30.9 Å². The van der Waals surface area contributed by atoms with Crippen LogP contribution in [0.3, 0.4) is 0 Å². The quantitative estimate of drug-likeness (QED) is 0.0543. The Balaban J connectivity index is 1.10. The predicted octanol–water partition coefficient (Wildman–Crippen LogP) is 4.06. The molecule has 0 saturated carbocycles. The Hall–Kier alpha value is -5.40. The molecular formula is C31H31N7O6. The molecule has 5 rings (SSSR count). The van der Waals surface area contributed by atoms with E-state index >= 15 is 0 Å². The van der Waals surface area contributed by atoms with Crippen molar-refractivity contribution >= 4 is 46.8 Å². The molecule has 0 bridgehead atoms. The molecule has 1 aliphatic heterocycles. The van der Waals surface area contributed by atoms with Gasteiger partial charge >= 0.3 is 0 Å². The summed E-state index contributed by atoms with van der Waals surface area (Å²) >= 11 is 0. The third kappa shape index (κ3) is 8.33.